The second-order valence-electron chi connectivity index (χ2n) is 8.12. The normalized spacial score (nSPS) is 15.5. The fourth-order valence-corrected chi connectivity index (χ4v) is 4.31. The Morgan fingerprint density at radius 1 is 0.971 bits per heavy atom. The smallest absolute Gasteiger partial charge is 0.274 e. The van der Waals surface area contributed by atoms with E-state index in [4.69, 9.17) is 0 Å². The van der Waals surface area contributed by atoms with Gasteiger partial charge in [-0.25, -0.2) is 18.7 Å². The molecule has 0 bridgehead atoms. The van der Waals surface area contributed by atoms with Gasteiger partial charge in [-0.15, -0.1) is 0 Å². The van der Waals surface area contributed by atoms with Crippen molar-refractivity contribution in [2.24, 2.45) is 0 Å². The molecule has 6 rings (SSSR count). The molecular formula is C24H16F2N6O2. The van der Waals surface area contributed by atoms with Crippen molar-refractivity contribution >= 4 is 29.1 Å². The van der Waals surface area contributed by atoms with E-state index < -0.39 is 34.7 Å². The van der Waals surface area contributed by atoms with Gasteiger partial charge in [0.25, 0.3) is 11.8 Å². The van der Waals surface area contributed by atoms with Crippen LogP contribution in [-0.2, 0) is 10.3 Å². The molecule has 4 aromatic rings. The number of benzene rings is 1. The predicted molar refractivity (Wildman–Crippen MR) is 118 cm³/mol. The number of carbonyl (C=O) groups is 2. The molecule has 168 valence electrons. The third-order valence-electron chi connectivity index (χ3n) is 6.02. The van der Waals surface area contributed by atoms with Gasteiger partial charge >= 0.3 is 0 Å². The number of nitrogens with zero attached hydrogens (tertiary/aromatic N) is 5. The molecule has 2 aliphatic rings. The summed E-state index contributed by atoms with van der Waals surface area (Å²) in [7, 11) is 0. The zero-order chi connectivity index (χ0) is 23.4. The first-order valence-corrected chi connectivity index (χ1v) is 10.6. The molecule has 1 aliphatic carbocycles. The highest BCUT2D eigenvalue weighted by Crippen LogP contribution is 2.56. The van der Waals surface area contributed by atoms with E-state index in [-0.39, 0.29) is 17.3 Å². The lowest BCUT2D eigenvalue weighted by atomic mass is 10.2. The van der Waals surface area contributed by atoms with Crippen molar-refractivity contribution in [2.75, 3.05) is 10.2 Å². The lowest BCUT2D eigenvalue weighted by molar-refractivity contribution is -0.120. The lowest BCUT2D eigenvalue weighted by Crippen LogP contribution is -2.31. The maximum absolute atomic E-state index is 15.2. The maximum atomic E-state index is 15.2. The SMILES string of the molecule is O=C(Nc1cc(F)c(N2C(=O)C3(CC3)n3c(-c4ccccn4)cnc32)c(F)c1)c1ccccn1. The Morgan fingerprint density at radius 3 is 2.29 bits per heavy atom. The molecule has 34 heavy (non-hydrogen) atoms. The average Bonchev–Trinajstić information content (AvgIpc) is 3.48. The molecule has 1 aromatic carbocycles. The van der Waals surface area contributed by atoms with Crippen LogP contribution in [0.1, 0.15) is 23.3 Å². The van der Waals surface area contributed by atoms with Gasteiger partial charge in [0.1, 0.15) is 16.9 Å². The van der Waals surface area contributed by atoms with E-state index in [9.17, 15) is 9.59 Å². The Bertz CT molecular complexity index is 1430. The van der Waals surface area contributed by atoms with E-state index in [0.29, 0.717) is 24.2 Å². The molecule has 4 heterocycles. The minimum Gasteiger partial charge on any atom is -0.320 e. The fraction of sp³-hybridized carbons (Fsp3) is 0.125. The summed E-state index contributed by atoms with van der Waals surface area (Å²) in [6.45, 7) is 0. The number of imidazole rings is 1. The van der Waals surface area contributed by atoms with Gasteiger partial charge in [0, 0.05) is 18.1 Å². The molecule has 1 fully saturated rings. The Balaban J connectivity index is 1.39. The number of pyridine rings is 2. The van der Waals surface area contributed by atoms with E-state index in [1.807, 2.05) is 6.07 Å². The molecule has 2 amide bonds. The molecule has 1 aliphatic heterocycles. The quantitative estimate of drug-likeness (QED) is 0.498. The Hall–Kier alpha value is -4.47. The summed E-state index contributed by atoms with van der Waals surface area (Å²) in [6, 6.07) is 12.1. The van der Waals surface area contributed by atoms with Crippen LogP contribution in [0.15, 0.2) is 67.1 Å². The summed E-state index contributed by atoms with van der Waals surface area (Å²) in [5.41, 5.74) is -0.256. The largest absolute Gasteiger partial charge is 0.320 e. The van der Waals surface area contributed by atoms with Crippen LogP contribution >= 0.6 is 0 Å². The van der Waals surface area contributed by atoms with Crippen molar-refractivity contribution in [1.82, 2.24) is 19.5 Å². The van der Waals surface area contributed by atoms with E-state index in [1.165, 1.54) is 12.3 Å². The average molecular weight is 458 g/mol. The monoisotopic (exact) mass is 458 g/mol. The fourth-order valence-electron chi connectivity index (χ4n) is 4.31. The standard InChI is InChI=1S/C24H16F2N6O2/c25-15-11-14(30-21(33)18-6-2-4-10-28-18)12-16(26)20(15)31-22(34)24(7-8-24)32-19(13-29-23(31)32)17-5-1-3-9-27-17/h1-6,9-13H,7-8H2,(H,30,33). The van der Waals surface area contributed by atoms with E-state index >= 15 is 8.78 Å². The van der Waals surface area contributed by atoms with Crippen LogP contribution < -0.4 is 10.2 Å². The Labute approximate surface area is 191 Å². The number of anilines is 3. The summed E-state index contributed by atoms with van der Waals surface area (Å²) in [6.07, 6.45) is 5.68. The molecule has 1 spiro atoms. The van der Waals surface area contributed by atoms with Crippen molar-refractivity contribution in [1.29, 1.82) is 0 Å². The predicted octanol–water partition coefficient (Wildman–Crippen LogP) is 4.04. The second kappa shape index (κ2) is 7.27. The van der Waals surface area contributed by atoms with Crippen molar-refractivity contribution < 1.29 is 18.4 Å². The molecule has 0 atom stereocenters. The topological polar surface area (TPSA) is 93.0 Å². The molecule has 0 radical (unpaired) electrons. The number of aromatic nitrogens is 4. The number of hydrogen-bond acceptors (Lipinski definition) is 5. The third kappa shape index (κ3) is 2.92. The number of carbonyl (C=O) groups excluding carboxylic acids is 2. The number of nitrogens with one attached hydrogen (secondary N) is 1. The number of amides is 2. The number of halogens is 2. The first-order valence-electron chi connectivity index (χ1n) is 10.6. The summed E-state index contributed by atoms with van der Waals surface area (Å²) in [5, 5.41) is 2.43. The van der Waals surface area contributed by atoms with Crippen molar-refractivity contribution in [3.05, 3.63) is 84.4 Å². The van der Waals surface area contributed by atoms with E-state index in [2.05, 4.69) is 20.3 Å². The van der Waals surface area contributed by atoms with Gasteiger partial charge in [-0.3, -0.25) is 24.1 Å². The van der Waals surface area contributed by atoms with Crippen LogP contribution in [0.5, 0.6) is 0 Å². The van der Waals surface area contributed by atoms with Gasteiger partial charge in [-0.05, 0) is 49.2 Å². The van der Waals surface area contributed by atoms with Crippen LogP contribution in [0.25, 0.3) is 11.4 Å². The van der Waals surface area contributed by atoms with Crippen LogP contribution in [0.3, 0.4) is 0 Å². The summed E-state index contributed by atoms with van der Waals surface area (Å²) < 4.78 is 32.2. The zero-order valence-corrected chi connectivity index (χ0v) is 17.6. The summed E-state index contributed by atoms with van der Waals surface area (Å²) >= 11 is 0. The van der Waals surface area contributed by atoms with Gasteiger partial charge in [-0.1, -0.05) is 12.1 Å². The van der Waals surface area contributed by atoms with Crippen molar-refractivity contribution in [3.8, 4) is 11.4 Å². The number of rotatable bonds is 4. The van der Waals surface area contributed by atoms with Crippen LogP contribution in [0, 0.1) is 11.6 Å². The Kier molecular flexibility index (Phi) is 4.31. The molecule has 1 saturated carbocycles. The summed E-state index contributed by atoms with van der Waals surface area (Å²) in [4.78, 5) is 39.3. The molecule has 0 saturated heterocycles. The summed E-state index contributed by atoms with van der Waals surface area (Å²) in [5.74, 6) is -2.94. The van der Waals surface area contributed by atoms with Gasteiger partial charge < -0.3 is 5.32 Å². The van der Waals surface area contributed by atoms with Crippen LogP contribution in [-0.4, -0.2) is 31.3 Å². The van der Waals surface area contributed by atoms with Crippen LogP contribution in [0.2, 0.25) is 0 Å². The highest BCUT2D eigenvalue weighted by molar-refractivity contribution is 6.10. The number of hydrogen-bond donors (Lipinski definition) is 1. The van der Waals surface area contributed by atoms with Crippen molar-refractivity contribution in [2.45, 2.75) is 18.4 Å². The maximum Gasteiger partial charge on any atom is 0.274 e. The highest BCUT2D eigenvalue weighted by atomic mass is 19.1. The molecule has 0 unspecified atom stereocenters. The number of fused-ring (bicyclic) bond motifs is 2. The lowest BCUT2D eigenvalue weighted by Gasteiger charge is -2.18. The molecule has 1 N–H and O–H groups in total. The highest BCUT2D eigenvalue weighted by Gasteiger charge is 2.62. The Morgan fingerprint density at radius 2 is 1.68 bits per heavy atom. The van der Waals surface area contributed by atoms with Crippen LogP contribution in [0.4, 0.5) is 26.1 Å². The van der Waals surface area contributed by atoms with Gasteiger partial charge in [-0.2, -0.15) is 0 Å². The van der Waals surface area contributed by atoms with E-state index in [0.717, 1.165) is 17.0 Å². The van der Waals surface area contributed by atoms with E-state index in [1.54, 1.807) is 41.2 Å². The zero-order valence-electron chi connectivity index (χ0n) is 17.6. The molecule has 10 heteroatoms. The first-order chi connectivity index (χ1) is 16.5. The molecular weight excluding hydrogens is 442 g/mol. The first kappa shape index (κ1) is 20.2. The minimum absolute atomic E-state index is 0.0975. The van der Waals surface area contributed by atoms with Gasteiger partial charge in [0.05, 0.1) is 17.6 Å². The van der Waals surface area contributed by atoms with Gasteiger partial charge in [0.15, 0.2) is 11.6 Å². The third-order valence-corrected chi connectivity index (χ3v) is 6.02. The second-order valence-corrected chi connectivity index (χ2v) is 8.12. The minimum atomic E-state index is -1.00. The molecule has 3 aromatic heterocycles. The van der Waals surface area contributed by atoms with Crippen molar-refractivity contribution in [3.63, 3.8) is 0 Å². The van der Waals surface area contributed by atoms with Gasteiger partial charge in [0.2, 0.25) is 5.95 Å². The molecule has 8 nitrogen and oxygen atoms in total.